The van der Waals surface area contributed by atoms with Crippen LogP contribution in [-0.2, 0) is 4.74 Å². The molecule has 0 amide bonds. The van der Waals surface area contributed by atoms with Crippen LogP contribution in [0.1, 0.15) is 43.8 Å². The van der Waals surface area contributed by atoms with Gasteiger partial charge in [0.15, 0.2) is 0 Å². The zero-order chi connectivity index (χ0) is 14.7. The van der Waals surface area contributed by atoms with Gasteiger partial charge >= 0.3 is 0 Å². The van der Waals surface area contributed by atoms with Gasteiger partial charge in [0, 0.05) is 25.7 Å². The molecule has 2 atom stereocenters. The SMILES string of the molecule is OC(CN(CC1CCCCO1)C1CC1)c1ccc(F)cc1. The van der Waals surface area contributed by atoms with Crippen LogP contribution in [0, 0.1) is 5.82 Å². The van der Waals surface area contributed by atoms with Crippen molar-refractivity contribution in [2.45, 2.75) is 50.4 Å². The summed E-state index contributed by atoms with van der Waals surface area (Å²) in [6.07, 6.45) is 5.69. The monoisotopic (exact) mass is 293 g/mol. The number of halogens is 1. The van der Waals surface area contributed by atoms with Crippen molar-refractivity contribution in [2.75, 3.05) is 19.7 Å². The highest BCUT2D eigenvalue weighted by Crippen LogP contribution is 2.30. The minimum Gasteiger partial charge on any atom is -0.387 e. The molecular formula is C17H24FNO2. The van der Waals surface area contributed by atoms with Gasteiger partial charge in [-0.2, -0.15) is 0 Å². The summed E-state index contributed by atoms with van der Waals surface area (Å²) in [4.78, 5) is 2.35. The summed E-state index contributed by atoms with van der Waals surface area (Å²) in [6, 6.07) is 6.74. The molecule has 3 rings (SSSR count). The molecule has 2 fully saturated rings. The first-order valence-corrected chi connectivity index (χ1v) is 8.01. The van der Waals surface area contributed by atoms with Crippen LogP contribution in [0.2, 0.25) is 0 Å². The molecule has 1 aliphatic heterocycles. The Morgan fingerprint density at radius 2 is 1.95 bits per heavy atom. The predicted octanol–water partition coefficient (Wildman–Crippen LogP) is 2.89. The highest BCUT2D eigenvalue weighted by Gasteiger charge is 2.32. The second-order valence-electron chi connectivity index (χ2n) is 6.24. The van der Waals surface area contributed by atoms with E-state index in [9.17, 15) is 9.50 Å². The van der Waals surface area contributed by atoms with E-state index in [-0.39, 0.29) is 5.82 Å². The van der Waals surface area contributed by atoms with Crippen molar-refractivity contribution in [3.8, 4) is 0 Å². The largest absolute Gasteiger partial charge is 0.387 e. The molecule has 0 bridgehead atoms. The summed E-state index contributed by atoms with van der Waals surface area (Å²) in [7, 11) is 0. The van der Waals surface area contributed by atoms with Crippen LogP contribution in [0.25, 0.3) is 0 Å². The molecule has 2 aliphatic rings. The van der Waals surface area contributed by atoms with Crippen molar-refractivity contribution >= 4 is 0 Å². The fraction of sp³-hybridized carbons (Fsp3) is 0.647. The maximum Gasteiger partial charge on any atom is 0.123 e. The first kappa shape index (κ1) is 14.9. The number of nitrogens with zero attached hydrogens (tertiary/aromatic N) is 1. The molecule has 0 radical (unpaired) electrons. The summed E-state index contributed by atoms with van der Waals surface area (Å²) in [6.45, 7) is 2.38. The number of aliphatic hydroxyl groups excluding tert-OH is 1. The number of hydrogen-bond acceptors (Lipinski definition) is 3. The van der Waals surface area contributed by atoms with Gasteiger partial charge in [-0.25, -0.2) is 4.39 Å². The molecule has 0 spiro atoms. The first-order chi connectivity index (χ1) is 10.2. The number of aliphatic hydroxyl groups is 1. The van der Waals surface area contributed by atoms with Crippen LogP contribution in [0.15, 0.2) is 24.3 Å². The number of hydrogen-bond donors (Lipinski definition) is 1. The molecule has 1 saturated carbocycles. The number of benzene rings is 1. The van der Waals surface area contributed by atoms with Gasteiger partial charge in [-0.3, -0.25) is 4.90 Å². The van der Waals surface area contributed by atoms with Crippen LogP contribution in [0.4, 0.5) is 4.39 Å². The third-order valence-corrected chi connectivity index (χ3v) is 4.44. The highest BCUT2D eigenvalue weighted by molar-refractivity contribution is 5.18. The predicted molar refractivity (Wildman–Crippen MR) is 79.5 cm³/mol. The second kappa shape index (κ2) is 6.86. The van der Waals surface area contributed by atoms with Gasteiger partial charge in [0.25, 0.3) is 0 Å². The van der Waals surface area contributed by atoms with Crippen molar-refractivity contribution in [3.05, 3.63) is 35.6 Å². The minimum atomic E-state index is -0.560. The maximum absolute atomic E-state index is 13.0. The van der Waals surface area contributed by atoms with Gasteiger partial charge in [-0.05, 0) is 49.8 Å². The minimum absolute atomic E-state index is 0.263. The smallest absolute Gasteiger partial charge is 0.123 e. The first-order valence-electron chi connectivity index (χ1n) is 8.01. The molecular weight excluding hydrogens is 269 g/mol. The molecule has 3 nitrogen and oxygen atoms in total. The van der Waals surface area contributed by atoms with E-state index in [1.165, 1.54) is 31.4 Å². The van der Waals surface area contributed by atoms with E-state index in [0.717, 1.165) is 31.6 Å². The Morgan fingerprint density at radius 1 is 1.19 bits per heavy atom. The van der Waals surface area contributed by atoms with Gasteiger partial charge in [0.2, 0.25) is 0 Å². The molecule has 1 N–H and O–H groups in total. The van der Waals surface area contributed by atoms with Gasteiger partial charge in [0.1, 0.15) is 5.82 Å². The lowest BCUT2D eigenvalue weighted by atomic mass is 10.1. The van der Waals surface area contributed by atoms with E-state index >= 15 is 0 Å². The second-order valence-corrected chi connectivity index (χ2v) is 6.24. The Kier molecular flexibility index (Phi) is 4.88. The van der Waals surface area contributed by atoms with Crippen molar-refractivity contribution < 1.29 is 14.2 Å². The van der Waals surface area contributed by atoms with E-state index < -0.39 is 6.10 Å². The lowest BCUT2D eigenvalue weighted by Gasteiger charge is -2.31. The maximum atomic E-state index is 13.0. The van der Waals surface area contributed by atoms with Gasteiger partial charge in [-0.15, -0.1) is 0 Å². The summed E-state index contributed by atoms with van der Waals surface area (Å²) in [5.41, 5.74) is 0.784. The van der Waals surface area contributed by atoms with Crippen LogP contribution in [0.3, 0.4) is 0 Å². The fourth-order valence-corrected chi connectivity index (χ4v) is 3.04. The molecule has 21 heavy (non-hydrogen) atoms. The standard InChI is InChI=1S/C17H24FNO2/c18-14-6-4-13(5-7-14)17(20)12-19(15-8-9-15)11-16-3-1-2-10-21-16/h4-7,15-17,20H,1-3,8-12H2. The molecule has 1 aromatic rings. The molecule has 2 unspecified atom stereocenters. The average molecular weight is 293 g/mol. The molecule has 1 saturated heterocycles. The van der Waals surface area contributed by atoms with E-state index in [0.29, 0.717) is 18.7 Å². The summed E-state index contributed by atoms with van der Waals surface area (Å²) in [5.74, 6) is -0.263. The molecule has 1 aliphatic carbocycles. The lowest BCUT2D eigenvalue weighted by Crippen LogP contribution is -2.39. The Bertz CT molecular complexity index is 441. The quantitative estimate of drug-likeness (QED) is 0.875. The summed E-state index contributed by atoms with van der Waals surface area (Å²) in [5, 5.41) is 10.4. The van der Waals surface area contributed by atoms with Crippen molar-refractivity contribution in [1.82, 2.24) is 4.90 Å². The Hall–Kier alpha value is -0.970. The normalized spacial score (nSPS) is 24.2. The Balaban J connectivity index is 1.57. The molecule has 0 aromatic heterocycles. The summed E-state index contributed by atoms with van der Waals surface area (Å²) >= 11 is 0. The Morgan fingerprint density at radius 3 is 2.57 bits per heavy atom. The van der Waals surface area contributed by atoms with Gasteiger partial charge in [-0.1, -0.05) is 12.1 Å². The van der Waals surface area contributed by atoms with Crippen LogP contribution in [-0.4, -0.2) is 41.8 Å². The zero-order valence-electron chi connectivity index (χ0n) is 12.4. The van der Waals surface area contributed by atoms with E-state index in [1.807, 2.05) is 0 Å². The topological polar surface area (TPSA) is 32.7 Å². The molecule has 1 aromatic carbocycles. The fourth-order valence-electron chi connectivity index (χ4n) is 3.04. The van der Waals surface area contributed by atoms with Crippen LogP contribution >= 0.6 is 0 Å². The highest BCUT2D eigenvalue weighted by atomic mass is 19.1. The van der Waals surface area contributed by atoms with Crippen molar-refractivity contribution in [3.63, 3.8) is 0 Å². The Labute approximate surface area is 125 Å². The van der Waals surface area contributed by atoms with Gasteiger partial charge < -0.3 is 9.84 Å². The molecule has 4 heteroatoms. The molecule has 116 valence electrons. The van der Waals surface area contributed by atoms with Crippen molar-refractivity contribution in [2.24, 2.45) is 0 Å². The number of ether oxygens (including phenoxy) is 1. The van der Waals surface area contributed by atoms with E-state index in [1.54, 1.807) is 12.1 Å². The third-order valence-electron chi connectivity index (χ3n) is 4.44. The van der Waals surface area contributed by atoms with Crippen molar-refractivity contribution in [1.29, 1.82) is 0 Å². The lowest BCUT2D eigenvalue weighted by molar-refractivity contribution is -0.0154. The summed E-state index contributed by atoms with van der Waals surface area (Å²) < 4.78 is 18.8. The number of rotatable bonds is 6. The zero-order valence-corrected chi connectivity index (χ0v) is 12.4. The third kappa shape index (κ3) is 4.25. The molecule has 1 heterocycles. The van der Waals surface area contributed by atoms with Crippen LogP contribution < -0.4 is 0 Å². The average Bonchev–Trinajstić information content (AvgIpc) is 3.33. The van der Waals surface area contributed by atoms with E-state index in [4.69, 9.17) is 4.74 Å². The van der Waals surface area contributed by atoms with E-state index in [2.05, 4.69) is 4.90 Å². The van der Waals surface area contributed by atoms with Crippen LogP contribution in [0.5, 0.6) is 0 Å². The van der Waals surface area contributed by atoms with Gasteiger partial charge in [0.05, 0.1) is 12.2 Å².